The van der Waals surface area contributed by atoms with E-state index >= 15 is 0 Å². The number of aromatic nitrogens is 1. The summed E-state index contributed by atoms with van der Waals surface area (Å²) in [5.41, 5.74) is 3.83. The van der Waals surface area contributed by atoms with Crippen LogP contribution in [0.2, 0.25) is 0 Å². The lowest BCUT2D eigenvalue weighted by molar-refractivity contribution is -0.138. The molecule has 0 spiro atoms. The van der Waals surface area contributed by atoms with Crippen LogP contribution in [-0.2, 0) is 22.4 Å². The fraction of sp³-hybridized carbons (Fsp3) is 0.333. The van der Waals surface area contributed by atoms with Gasteiger partial charge in [-0.05, 0) is 29.7 Å². The van der Waals surface area contributed by atoms with Crippen molar-refractivity contribution in [2.75, 3.05) is 19.7 Å². The molecule has 1 unspecified atom stereocenters. The molecule has 5 nitrogen and oxygen atoms in total. The van der Waals surface area contributed by atoms with Crippen molar-refractivity contribution in [2.45, 2.75) is 25.9 Å². The van der Waals surface area contributed by atoms with Gasteiger partial charge in [0.25, 0.3) is 0 Å². The number of aryl methyl sites for hydroxylation is 1. The van der Waals surface area contributed by atoms with Gasteiger partial charge in [-0.1, -0.05) is 48.5 Å². The van der Waals surface area contributed by atoms with E-state index in [9.17, 15) is 4.79 Å². The lowest BCUT2D eigenvalue weighted by Gasteiger charge is -2.33. The third-order valence-electron chi connectivity index (χ3n) is 4.95. The normalized spacial score (nSPS) is 17.6. The minimum atomic E-state index is -0.0762. The molecule has 0 aliphatic carbocycles. The van der Waals surface area contributed by atoms with Gasteiger partial charge in [-0.2, -0.15) is 0 Å². The molecule has 1 aliphatic heterocycles. The van der Waals surface area contributed by atoms with E-state index in [-0.39, 0.29) is 18.4 Å². The largest absolute Gasteiger partial charge is 0.370 e. The number of hydrogen-bond acceptors (Lipinski definition) is 4. The summed E-state index contributed by atoms with van der Waals surface area (Å²) in [6.45, 7) is 3.86. The lowest BCUT2D eigenvalue weighted by Crippen LogP contribution is -2.43. The van der Waals surface area contributed by atoms with E-state index in [0.29, 0.717) is 31.0 Å². The number of carbonyl (C=O) groups excluding carboxylic acids is 1. The highest BCUT2D eigenvalue weighted by atomic mass is 16.5. The van der Waals surface area contributed by atoms with E-state index in [2.05, 4.69) is 36.3 Å². The Morgan fingerprint density at radius 1 is 1.19 bits per heavy atom. The summed E-state index contributed by atoms with van der Waals surface area (Å²) >= 11 is 0. The molecular weight excluding hydrogens is 328 g/mol. The molecule has 5 heteroatoms. The van der Waals surface area contributed by atoms with Crippen LogP contribution in [0.25, 0.3) is 11.0 Å². The molecule has 0 saturated carbocycles. The van der Waals surface area contributed by atoms with Crippen molar-refractivity contribution in [3.8, 4) is 0 Å². The summed E-state index contributed by atoms with van der Waals surface area (Å²) in [5.74, 6) is 0.0579. The Bertz CT molecular complexity index is 901. The predicted octanol–water partition coefficient (Wildman–Crippen LogP) is 3.53. The number of para-hydroxylation sites is 1. The number of hydrogen-bond donors (Lipinski definition) is 0. The fourth-order valence-electron chi connectivity index (χ4n) is 3.37. The van der Waals surface area contributed by atoms with Crippen LogP contribution in [0, 0.1) is 0 Å². The summed E-state index contributed by atoms with van der Waals surface area (Å²) in [6.07, 6.45) is 1.19. The average molecular weight is 350 g/mol. The molecular formula is C21H22N2O3. The summed E-state index contributed by atoms with van der Waals surface area (Å²) in [6, 6.07) is 16.1. The second-order valence-electron chi connectivity index (χ2n) is 6.60. The van der Waals surface area contributed by atoms with Crippen molar-refractivity contribution < 1.29 is 14.1 Å². The molecule has 2 heterocycles. The van der Waals surface area contributed by atoms with Crippen LogP contribution in [0.1, 0.15) is 29.8 Å². The maximum atomic E-state index is 12.8. The number of nitrogens with zero attached hydrogens (tertiary/aromatic N) is 2. The van der Waals surface area contributed by atoms with Crippen LogP contribution in [0.4, 0.5) is 0 Å². The first-order chi connectivity index (χ1) is 12.7. The van der Waals surface area contributed by atoms with Crippen molar-refractivity contribution in [1.82, 2.24) is 10.1 Å². The third-order valence-corrected chi connectivity index (χ3v) is 4.95. The Morgan fingerprint density at radius 3 is 2.81 bits per heavy atom. The highest BCUT2D eigenvalue weighted by molar-refractivity contribution is 5.86. The number of carbonyl (C=O) groups is 1. The van der Waals surface area contributed by atoms with E-state index in [1.165, 1.54) is 5.56 Å². The summed E-state index contributed by atoms with van der Waals surface area (Å²) in [7, 11) is 0. The molecule has 0 bridgehead atoms. The molecule has 0 radical (unpaired) electrons. The molecule has 4 rings (SSSR count). The van der Waals surface area contributed by atoms with Crippen LogP contribution >= 0.6 is 0 Å². The highest BCUT2D eigenvalue weighted by Gasteiger charge is 2.26. The van der Waals surface area contributed by atoms with Gasteiger partial charge in [0.15, 0.2) is 5.58 Å². The van der Waals surface area contributed by atoms with Gasteiger partial charge in [-0.25, -0.2) is 0 Å². The Balaban J connectivity index is 1.45. The SMILES string of the molecule is CCc1ccc(C2CN(C(=O)Cc3noc4ccccc34)CCO2)cc1. The Labute approximate surface area is 152 Å². The van der Waals surface area contributed by atoms with Gasteiger partial charge in [0.2, 0.25) is 5.91 Å². The second-order valence-corrected chi connectivity index (χ2v) is 6.60. The third kappa shape index (κ3) is 3.35. The number of rotatable bonds is 4. The summed E-state index contributed by atoms with van der Waals surface area (Å²) in [5, 5.41) is 4.98. The summed E-state index contributed by atoms with van der Waals surface area (Å²) < 4.78 is 11.2. The van der Waals surface area contributed by atoms with Crippen molar-refractivity contribution in [3.63, 3.8) is 0 Å². The molecule has 1 amide bonds. The van der Waals surface area contributed by atoms with Gasteiger partial charge >= 0.3 is 0 Å². The summed E-state index contributed by atoms with van der Waals surface area (Å²) in [4.78, 5) is 14.6. The van der Waals surface area contributed by atoms with Crippen LogP contribution in [0.15, 0.2) is 53.1 Å². The highest BCUT2D eigenvalue weighted by Crippen LogP contribution is 2.24. The van der Waals surface area contributed by atoms with Crippen LogP contribution in [-0.4, -0.2) is 35.7 Å². The van der Waals surface area contributed by atoms with E-state index in [1.54, 1.807) is 0 Å². The Hall–Kier alpha value is -2.66. The average Bonchev–Trinajstić information content (AvgIpc) is 3.11. The van der Waals surface area contributed by atoms with Gasteiger partial charge in [0.05, 0.1) is 19.6 Å². The number of benzene rings is 2. The first kappa shape index (κ1) is 16.8. The van der Waals surface area contributed by atoms with Crippen molar-refractivity contribution in [3.05, 3.63) is 65.4 Å². The minimum Gasteiger partial charge on any atom is -0.370 e. The van der Waals surface area contributed by atoms with Crippen molar-refractivity contribution in [1.29, 1.82) is 0 Å². The molecule has 26 heavy (non-hydrogen) atoms. The molecule has 134 valence electrons. The fourth-order valence-corrected chi connectivity index (χ4v) is 3.37. The topological polar surface area (TPSA) is 55.6 Å². The molecule has 1 aromatic heterocycles. The van der Waals surface area contributed by atoms with Crippen LogP contribution < -0.4 is 0 Å². The Kier molecular flexibility index (Phi) is 4.71. The minimum absolute atomic E-state index is 0.0579. The monoisotopic (exact) mass is 350 g/mol. The zero-order valence-electron chi connectivity index (χ0n) is 14.9. The van der Waals surface area contributed by atoms with Crippen molar-refractivity contribution in [2.24, 2.45) is 0 Å². The van der Waals surface area contributed by atoms with Gasteiger partial charge < -0.3 is 14.2 Å². The zero-order chi connectivity index (χ0) is 17.9. The zero-order valence-corrected chi connectivity index (χ0v) is 14.9. The molecule has 3 aromatic rings. The van der Waals surface area contributed by atoms with E-state index in [1.807, 2.05) is 29.2 Å². The quantitative estimate of drug-likeness (QED) is 0.722. The molecule has 1 fully saturated rings. The van der Waals surface area contributed by atoms with Crippen molar-refractivity contribution >= 4 is 16.9 Å². The number of amides is 1. The maximum Gasteiger partial charge on any atom is 0.228 e. The van der Waals surface area contributed by atoms with Gasteiger partial charge in [-0.15, -0.1) is 0 Å². The van der Waals surface area contributed by atoms with E-state index < -0.39 is 0 Å². The predicted molar refractivity (Wildman–Crippen MR) is 98.8 cm³/mol. The second kappa shape index (κ2) is 7.30. The van der Waals surface area contributed by atoms with Crippen LogP contribution in [0.3, 0.4) is 0 Å². The van der Waals surface area contributed by atoms with E-state index in [0.717, 1.165) is 17.4 Å². The van der Waals surface area contributed by atoms with Crippen LogP contribution in [0.5, 0.6) is 0 Å². The maximum absolute atomic E-state index is 12.8. The first-order valence-corrected chi connectivity index (χ1v) is 9.06. The molecule has 1 atom stereocenters. The van der Waals surface area contributed by atoms with Gasteiger partial charge in [-0.3, -0.25) is 4.79 Å². The van der Waals surface area contributed by atoms with E-state index in [4.69, 9.17) is 9.26 Å². The first-order valence-electron chi connectivity index (χ1n) is 9.06. The molecule has 1 aliphatic rings. The molecule has 2 aromatic carbocycles. The standard InChI is InChI=1S/C21H22N2O3/c1-2-15-7-9-16(10-8-15)20-14-23(11-12-25-20)21(24)13-18-17-5-3-4-6-19(17)26-22-18/h3-10,20H,2,11-14H2,1H3. The van der Waals surface area contributed by atoms with Gasteiger partial charge in [0, 0.05) is 11.9 Å². The van der Waals surface area contributed by atoms with Gasteiger partial charge in [0.1, 0.15) is 11.8 Å². The molecule has 1 saturated heterocycles. The lowest BCUT2D eigenvalue weighted by atomic mass is 10.0. The number of morpholine rings is 1. The Morgan fingerprint density at radius 2 is 2.00 bits per heavy atom. The molecule has 0 N–H and O–H groups in total. The number of fused-ring (bicyclic) bond motifs is 1. The number of ether oxygens (including phenoxy) is 1. The smallest absolute Gasteiger partial charge is 0.228 e.